The minimum atomic E-state index is -0.476. The lowest BCUT2D eigenvalue weighted by molar-refractivity contribution is 0.255. The highest BCUT2D eigenvalue weighted by atomic mass is 19.1. The number of hydrogen-bond acceptors (Lipinski definition) is 10. The molecular weight excluding hydrogens is 762 g/mol. The van der Waals surface area contributed by atoms with E-state index in [2.05, 4.69) is 39.3 Å². The third-order valence-corrected chi connectivity index (χ3v) is 12.1. The van der Waals surface area contributed by atoms with Crippen molar-refractivity contribution >= 4 is 17.0 Å². The molecule has 60 heavy (non-hydrogen) atoms. The number of anilines is 1. The van der Waals surface area contributed by atoms with Gasteiger partial charge in [-0.2, -0.15) is 0 Å². The molecule has 314 valence electrons. The molecule has 2 aromatic carbocycles. The van der Waals surface area contributed by atoms with Crippen LogP contribution in [0.4, 0.5) is 10.1 Å². The second-order valence-corrected chi connectivity index (χ2v) is 16.4. The third-order valence-electron chi connectivity index (χ3n) is 12.1. The Morgan fingerprint density at radius 2 is 1.18 bits per heavy atom. The van der Waals surface area contributed by atoms with Crippen LogP contribution in [0.5, 0.6) is 17.2 Å². The van der Waals surface area contributed by atoms with Crippen molar-refractivity contribution in [1.29, 1.82) is 0 Å². The Kier molecular flexibility index (Phi) is 11.9. The molecule has 3 aliphatic rings. The maximum absolute atomic E-state index is 14.1. The number of pyridine rings is 2. The van der Waals surface area contributed by atoms with E-state index in [1.165, 1.54) is 37.6 Å². The van der Waals surface area contributed by atoms with E-state index in [0.717, 1.165) is 80.3 Å². The highest BCUT2D eigenvalue weighted by Crippen LogP contribution is 2.33. The number of methoxy groups -OCH3 is 3. The van der Waals surface area contributed by atoms with Crippen LogP contribution in [0.1, 0.15) is 61.1 Å². The maximum Gasteiger partial charge on any atom is 0.258 e. The molecule has 1 aliphatic carbocycles. The van der Waals surface area contributed by atoms with E-state index < -0.39 is 5.82 Å². The van der Waals surface area contributed by atoms with E-state index in [0.29, 0.717) is 51.7 Å². The number of hydrogen-bond donors (Lipinski definition) is 1. The zero-order chi connectivity index (χ0) is 42.1. The third kappa shape index (κ3) is 8.73. The minimum Gasteiger partial charge on any atom is -0.494 e. The predicted octanol–water partition coefficient (Wildman–Crippen LogP) is 7.03. The van der Waals surface area contributed by atoms with Gasteiger partial charge in [-0.15, -0.1) is 0 Å². The van der Waals surface area contributed by atoms with E-state index in [1.54, 1.807) is 41.2 Å². The normalized spacial score (nSPS) is 16.5. The molecule has 6 heterocycles. The Morgan fingerprint density at radius 3 is 1.77 bits per heavy atom. The Labute approximate surface area is 349 Å². The highest BCUT2D eigenvalue weighted by Gasteiger charge is 2.28. The Balaban J connectivity index is 0.000000168. The number of aromatic nitrogens is 4. The zero-order valence-electron chi connectivity index (χ0n) is 35.3. The molecule has 0 radical (unpaired) electrons. The Morgan fingerprint density at radius 1 is 0.633 bits per heavy atom. The molecular formula is C47H54FN7O5. The largest absolute Gasteiger partial charge is 0.494 e. The summed E-state index contributed by atoms with van der Waals surface area (Å²) in [6.07, 6.45) is 11.0. The summed E-state index contributed by atoms with van der Waals surface area (Å²) in [5.41, 5.74) is 7.70. The highest BCUT2D eigenvalue weighted by molar-refractivity contribution is 5.68. The molecule has 9 rings (SSSR count). The van der Waals surface area contributed by atoms with Gasteiger partial charge in [0.15, 0.2) is 23.1 Å². The quantitative estimate of drug-likeness (QED) is 0.163. The number of likely N-dealkylation sites (tertiary alicyclic amines) is 1. The molecule has 0 unspecified atom stereocenters. The van der Waals surface area contributed by atoms with Crippen molar-refractivity contribution in [3.05, 3.63) is 116 Å². The van der Waals surface area contributed by atoms with Crippen LogP contribution < -0.4 is 35.5 Å². The molecule has 2 aliphatic heterocycles. The van der Waals surface area contributed by atoms with Crippen molar-refractivity contribution in [3.8, 4) is 39.8 Å². The van der Waals surface area contributed by atoms with Gasteiger partial charge in [0.1, 0.15) is 11.3 Å². The van der Waals surface area contributed by atoms with Crippen molar-refractivity contribution in [2.75, 3.05) is 59.5 Å². The molecule has 3 fully saturated rings. The lowest BCUT2D eigenvalue weighted by atomic mass is 9.90. The van der Waals surface area contributed by atoms with E-state index in [-0.39, 0.29) is 16.9 Å². The Hall–Kier alpha value is -5.79. The predicted molar refractivity (Wildman–Crippen MR) is 234 cm³/mol. The van der Waals surface area contributed by atoms with Crippen molar-refractivity contribution < 1.29 is 18.6 Å². The van der Waals surface area contributed by atoms with E-state index in [4.69, 9.17) is 19.2 Å². The van der Waals surface area contributed by atoms with Crippen LogP contribution in [0, 0.1) is 19.7 Å². The molecule has 1 N–H and O–H groups in total. The standard InChI is InChI=1S/C25H30N4O3.C22H24FN3O2/c1-16-12-20(28-10-8-19(9-11-28)26-18-5-6-18)15-29-24(30)14-21(27-25(16)29)17-4-7-22(31-2)23(13-17)32-3;1-14-10-17(15-6-8-25(2)9-7-15)13-26-21(27)12-19(24-22(14)26)16-4-5-20(28-3)18(23)11-16/h4,7,12-15,18-19,26H,5-6,8-11H2,1-3H3;4-5,10-13,15H,6-9H2,1-3H3. The summed E-state index contributed by atoms with van der Waals surface area (Å²) in [5.74, 6) is 1.41. The van der Waals surface area contributed by atoms with Gasteiger partial charge in [-0.3, -0.25) is 18.4 Å². The summed E-state index contributed by atoms with van der Waals surface area (Å²) in [7, 11) is 6.76. The molecule has 13 heteroatoms. The first-order valence-corrected chi connectivity index (χ1v) is 20.9. The molecule has 0 atom stereocenters. The first-order chi connectivity index (χ1) is 29.0. The van der Waals surface area contributed by atoms with Gasteiger partial charge >= 0.3 is 0 Å². The van der Waals surface area contributed by atoms with Crippen molar-refractivity contribution in [2.24, 2.45) is 0 Å². The van der Waals surface area contributed by atoms with Gasteiger partial charge in [-0.05, 0) is 138 Å². The first kappa shape index (κ1) is 41.0. The monoisotopic (exact) mass is 815 g/mol. The van der Waals surface area contributed by atoms with Crippen LogP contribution in [-0.4, -0.2) is 90.3 Å². The van der Waals surface area contributed by atoms with Crippen molar-refractivity contribution in [1.82, 2.24) is 29.0 Å². The van der Waals surface area contributed by atoms with E-state index in [9.17, 15) is 14.0 Å². The molecule has 0 amide bonds. The lowest BCUT2D eigenvalue weighted by Crippen LogP contribution is -2.43. The minimum absolute atomic E-state index is 0.0879. The van der Waals surface area contributed by atoms with Crippen LogP contribution in [0.2, 0.25) is 0 Å². The smallest absolute Gasteiger partial charge is 0.258 e. The maximum atomic E-state index is 14.1. The van der Waals surface area contributed by atoms with E-state index in [1.807, 2.05) is 44.4 Å². The molecule has 2 saturated heterocycles. The van der Waals surface area contributed by atoms with Gasteiger partial charge in [0, 0.05) is 60.8 Å². The second kappa shape index (κ2) is 17.4. The number of aryl methyl sites for hydroxylation is 2. The molecule has 6 aromatic rings. The van der Waals surface area contributed by atoms with Crippen LogP contribution in [0.15, 0.2) is 82.6 Å². The van der Waals surface area contributed by atoms with Crippen molar-refractivity contribution in [3.63, 3.8) is 0 Å². The molecule has 0 bridgehead atoms. The number of halogens is 1. The number of nitrogens with one attached hydrogen (secondary N) is 1. The van der Waals surface area contributed by atoms with Gasteiger partial charge in [0.2, 0.25) is 0 Å². The zero-order valence-corrected chi connectivity index (χ0v) is 35.3. The van der Waals surface area contributed by atoms with Crippen LogP contribution in [0.3, 0.4) is 0 Å². The van der Waals surface area contributed by atoms with Crippen LogP contribution in [0.25, 0.3) is 33.8 Å². The molecule has 12 nitrogen and oxygen atoms in total. The average Bonchev–Trinajstić information content (AvgIpc) is 4.08. The van der Waals surface area contributed by atoms with Gasteiger partial charge in [0.25, 0.3) is 11.1 Å². The van der Waals surface area contributed by atoms with Gasteiger partial charge < -0.3 is 29.3 Å². The fourth-order valence-electron chi connectivity index (χ4n) is 8.49. The number of piperidine rings is 2. The van der Waals surface area contributed by atoms with Gasteiger partial charge in [-0.1, -0.05) is 6.07 Å². The summed E-state index contributed by atoms with van der Waals surface area (Å²) < 4.78 is 33.1. The topological polar surface area (TPSA) is 115 Å². The summed E-state index contributed by atoms with van der Waals surface area (Å²) >= 11 is 0. The average molecular weight is 816 g/mol. The summed E-state index contributed by atoms with van der Waals surface area (Å²) in [6, 6.07) is 18.9. The second-order valence-electron chi connectivity index (χ2n) is 16.4. The fraction of sp³-hybridized carbons (Fsp3) is 0.404. The molecule has 4 aromatic heterocycles. The van der Waals surface area contributed by atoms with Gasteiger partial charge in [0.05, 0.1) is 38.4 Å². The first-order valence-electron chi connectivity index (χ1n) is 20.9. The number of benzene rings is 2. The molecule has 1 saturated carbocycles. The Bertz CT molecular complexity index is 2640. The summed E-state index contributed by atoms with van der Waals surface area (Å²) in [6.45, 7) is 8.12. The van der Waals surface area contributed by atoms with Crippen LogP contribution >= 0.6 is 0 Å². The van der Waals surface area contributed by atoms with Gasteiger partial charge in [-0.25, -0.2) is 14.4 Å². The van der Waals surface area contributed by atoms with E-state index >= 15 is 0 Å². The number of fused-ring (bicyclic) bond motifs is 2. The lowest BCUT2D eigenvalue weighted by Gasteiger charge is -2.34. The number of ether oxygens (including phenoxy) is 3. The molecule has 0 spiro atoms. The fourth-order valence-corrected chi connectivity index (χ4v) is 8.49. The summed E-state index contributed by atoms with van der Waals surface area (Å²) in [4.78, 5) is 40.0. The number of rotatable bonds is 9. The number of nitrogens with zero attached hydrogens (tertiary/aromatic N) is 6. The SMILES string of the molecule is COc1ccc(-c2cc(=O)n3cc(C4CCN(C)CC4)cc(C)c3n2)cc1F.COc1ccc(-c2cc(=O)n3cc(N4CCC(NC5CC5)CC4)cc(C)c3n2)cc1OC. The van der Waals surface area contributed by atoms with Crippen molar-refractivity contribution in [2.45, 2.75) is 70.4 Å². The van der Waals surface area contributed by atoms with Crippen LogP contribution in [-0.2, 0) is 0 Å². The summed E-state index contributed by atoms with van der Waals surface area (Å²) in [5, 5.41) is 3.74.